The number of hydrogen-bond acceptors (Lipinski definition) is 4. The topological polar surface area (TPSA) is 58.6 Å². The Morgan fingerprint density at radius 1 is 1.40 bits per heavy atom. The first-order valence-electron chi connectivity index (χ1n) is 6.93. The molecule has 0 unspecified atom stereocenters. The van der Waals surface area contributed by atoms with E-state index in [1.807, 2.05) is 19.1 Å². The van der Waals surface area contributed by atoms with Gasteiger partial charge < -0.3 is 10.1 Å². The molecule has 112 valence electrons. The Morgan fingerprint density at radius 3 is 2.95 bits per heavy atom. The zero-order valence-electron chi connectivity index (χ0n) is 12.1. The predicted octanol–water partition coefficient (Wildman–Crippen LogP) is 0.989. The van der Waals surface area contributed by atoms with Crippen molar-refractivity contribution in [3.63, 3.8) is 0 Å². The van der Waals surface area contributed by atoms with Crippen molar-refractivity contribution < 1.29 is 13.2 Å². The van der Waals surface area contributed by atoms with Gasteiger partial charge in [0.15, 0.2) is 0 Å². The van der Waals surface area contributed by atoms with Crippen LogP contribution in [0.4, 0.5) is 0 Å². The number of ether oxygens (including phenoxy) is 1. The molecule has 6 heteroatoms. The van der Waals surface area contributed by atoms with Gasteiger partial charge in [-0.25, -0.2) is 8.42 Å². The second kappa shape index (κ2) is 6.67. The number of rotatable bonds is 6. The van der Waals surface area contributed by atoms with Crippen LogP contribution in [0.3, 0.4) is 0 Å². The second-order valence-electron chi connectivity index (χ2n) is 4.84. The summed E-state index contributed by atoms with van der Waals surface area (Å²) in [5, 5.41) is 3.26. The van der Waals surface area contributed by atoms with Crippen molar-refractivity contribution in [1.82, 2.24) is 9.62 Å². The molecule has 1 heterocycles. The lowest BCUT2D eigenvalue weighted by Gasteiger charge is -2.23. The highest BCUT2D eigenvalue weighted by Crippen LogP contribution is 2.24. The fourth-order valence-electron chi connectivity index (χ4n) is 2.36. The molecule has 0 aliphatic carbocycles. The van der Waals surface area contributed by atoms with Gasteiger partial charge in [-0.3, -0.25) is 0 Å². The van der Waals surface area contributed by atoms with Crippen molar-refractivity contribution in [3.8, 4) is 0 Å². The van der Waals surface area contributed by atoms with Crippen LogP contribution in [0.5, 0.6) is 0 Å². The number of sulfonamides is 1. The summed E-state index contributed by atoms with van der Waals surface area (Å²) in [6.45, 7) is 4.85. The molecule has 1 aromatic carbocycles. The summed E-state index contributed by atoms with van der Waals surface area (Å²) in [5.74, 6) is 0. The van der Waals surface area contributed by atoms with Crippen LogP contribution in [-0.4, -0.2) is 46.1 Å². The minimum absolute atomic E-state index is 0.373. The highest BCUT2D eigenvalue weighted by atomic mass is 32.2. The molecule has 0 amide bonds. The zero-order chi connectivity index (χ0) is 14.6. The van der Waals surface area contributed by atoms with E-state index in [0.29, 0.717) is 24.7 Å². The van der Waals surface area contributed by atoms with Gasteiger partial charge in [0.1, 0.15) is 0 Å². The number of benzene rings is 1. The Morgan fingerprint density at radius 2 is 2.20 bits per heavy atom. The van der Waals surface area contributed by atoms with Gasteiger partial charge in [0, 0.05) is 26.7 Å². The Bertz CT molecular complexity index is 558. The third-order valence-electron chi connectivity index (χ3n) is 3.54. The minimum Gasteiger partial charge on any atom is -0.380 e. The van der Waals surface area contributed by atoms with Gasteiger partial charge in [0.05, 0.1) is 11.5 Å². The average molecular weight is 298 g/mol. The summed E-state index contributed by atoms with van der Waals surface area (Å²) >= 11 is 0. The van der Waals surface area contributed by atoms with E-state index in [-0.39, 0.29) is 0 Å². The normalized spacial score (nSPS) is 15.3. The summed E-state index contributed by atoms with van der Waals surface area (Å²) in [6, 6.07) is 5.51. The van der Waals surface area contributed by atoms with Crippen LogP contribution in [0.15, 0.2) is 23.1 Å². The summed E-state index contributed by atoms with van der Waals surface area (Å²) in [6.07, 6.45) is 0.754. The van der Waals surface area contributed by atoms with Crippen LogP contribution in [0.2, 0.25) is 0 Å². The summed E-state index contributed by atoms with van der Waals surface area (Å²) in [7, 11) is -1.83. The molecule has 2 rings (SSSR count). The smallest absolute Gasteiger partial charge is 0.243 e. The number of likely N-dealkylation sites (N-methyl/N-ethyl adjacent to an activating group) is 1. The molecule has 1 N–H and O–H groups in total. The molecule has 0 spiro atoms. The van der Waals surface area contributed by atoms with E-state index in [0.717, 1.165) is 30.6 Å². The predicted molar refractivity (Wildman–Crippen MR) is 78.2 cm³/mol. The first kappa shape index (κ1) is 15.4. The fourth-order valence-corrected chi connectivity index (χ4v) is 3.81. The van der Waals surface area contributed by atoms with Crippen LogP contribution in [0, 0.1) is 0 Å². The maximum atomic E-state index is 12.6. The van der Waals surface area contributed by atoms with Crippen LogP contribution < -0.4 is 5.32 Å². The van der Waals surface area contributed by atoms with Gasteiger partial charge in [-0.05, 0) is 37.1 Å². The van der Waals surface area contributed by atoms with Crippen molar-refractivity contribution in [2.24, 2.45) is 0 Å². The van der Waals surface area contributed by atoms with Gasteiger partial charge in [0.2, 0.25) is 10.0 Å². The molecule has 0 saturated heterocycles. The van der Waals surface area contributed by atoms with Crippen molar-refractivity contribution in [2.75, 3.05) is 33.4 Å². The molecule has 1 aromatic rings. The van der Waals surface area contributed by atoms with E-state index < -0.39 is 10.0 Å². The lowest BCUT2D eigenvalue weighted by atomic mass is 10.0. The molecule has 20 heavy (non-hydrogen) atoms. The maximum absolute atomic E-state index is 12.6. The van der Waals surface area contributed by atoms with E-state index >= 15 is 0 Å². The molecule has 0 fully saturated rings. The van der Waals surface area contributed by atoms with Crippen LogP contribution in [-0.2, 0) is 27.7 Å². The first-order valence-corrected chi connectivity index (χ1v) is 8.37. The highest BCUT2D eigenvalue weighted by Gasteiger charge is 2.25. The van der Waals surface area contributed by atoms with Gasteiger partial charge in [-0.2, -0.15) is 4.31 Å². The Kier molecular flexibility index (Phi) is 5.15. The Labute approximate surface area is 121 Å². The SMILES string of the molecule is CCOCCN(C)S(=O)(=O)c1cccc2c1CCNC2. The molecule has 0 bridgehead atoms. The maximum Gasteiger partial charge on any atom is 0.243 e. The van der Waals surface area contributed by atoms with Crippen molar-refractivity contribution >= 4 is 10.0 Å². The number of nitrogens with one attached hydrogen (secondary N) is 1. The first-order chi connectivity index (χ1) is 9.57. The molecular weight excluding hydrogens is 276 g/mol. The standard InChI is InChI=1S/C14H22N2O3S/c1-3-19-10-9-16(2)20(17,18)14-6-4-5-12-11-15-8-7-13(12)14/h4-6,15H,3,7-11H2,1-2H3. The van der Waals surface area contributed by atoms with E-state index in [2.05, 4.69) is 5.32 Å². The molecule has 5 nitrogen and oxygen atoms in total. The molecule has 0 radical (unpaired) electrons. The van der Waals surface area contributed by atoms with E-state index in [1.165, 1.54) is 4.31 Å². The molecule has 0 saturated carbocycles. The van der Waals surface area contributed by atoms with Crippen molar-refractivity contribution in [1.29, 1.82) is 0 Å². The summed E-state index contributed by atoms with van der Waals surface area (Å²) in [4.78, 5) is 0.440. The second-order valence-corrected chi connectivity index (χ2v) is 6.86. The van der Waals surface area contributed by atoms with E-state index in [1.54, 1.807) is 13.1 Å². The van der Waals surface area contributed by atoms with E-state index in [4.69, 9.17) is 4.74 Å². The molecule has 1 aliphatic heterocycles. The molecular formula is C14H22N2O3S. The number of fused-ring (bicyclic) bond motifs is 1. The Hall–Kier alpha value is -0.950. The van der Waals surface area contributed by atoms with Crippen molar-refractivity contribution in [2.45, 2.75) is 24.8 Å². The van der Waals surface area contributed by atoms with E-state index in [9.17, 15) is 8.42 Å². The third kappa shape index (κ3) is 3.20. The summed E-state index contributed by atoms with van der Waals surface area (Å²) < 4.78 is 31.9. The monoisotopic (exact) mass is 298 g/mol. The largest absolute Gasteiger partial charge is 0.380 e. The fraction of sp³-hybridized carbons (Fsp3) is 0.571. The minimum atomic E-state index is -3.44. The van der Waals surface area contributed by atoms with Gasteiger partial charge in [-0.15, -0.1) is 0 Å². The number of nitrogens with zero attached hydrogens (tertiary/aromatic N) is 1. The van der Waals surface area contributed by atoms with Gasteiger partial charge in [0.25, 0.3) is 0 Å². The van der Waals surface area contributed by atoms with Gasteiger partial charge >= 0.3 is 0 Å². The molecule has 0 aromatic heterocycles. The zero-order valence-corrected chi connectivity index (χ0v) is 12.9. The molecule has 0 atom stereocenters. The third-order valence-corrected chi connectivity index (χ3v) is 5.48. The quantitative estimate of drug-likeness (QED) is 0.796. The van der Waals surface area contributed by atoms with Crippen LogP contribution in [0.25, 0.3) is 0 Å². The van der Waals surface area contributed by atoms with Crippen LogP contribution >= 0.6 is 0 Å². The lowest BCUT2D eigenvalue weighted by Crippen LogP contribution is -2.33. The summed E-state index contributed by atoms with van der Waals surface area (Å²) in [5.41, 5.74) is 2.03. The highest BCUT2D eigenvalue weighted by molar-refractivity contribution is 7.89. The average Bonchev–Trinajstić information content (AvgIpc) is 2.46. The Balaban J connectivity index is 2.25. The number of hydrogen-bond donors (Lipinski definition) is 1. The van der Waals surface area contributed by atoms with Gasteiger partial charge in [-0.1, -0.05) is 12.1 Å². The van der Waals surface area contributed by atoms with Crippen LogP contribution in [0.1, 0.15) is 18.1 Å². The van der Waals surface area contributed by atoms with Crippen molar-refractivity contribution in [3.05, 3.63) is 29.3 Å². The lowest BCUT2D eigenvalue weighted by molar-refractivity contribution is 0.138. The molecule has 1 aliphatic rings.